The number of nitrogens with two attached hydrogens (primary N) is 1. The molecule has 2 unspecified atom stereocenters. The second-order valence-corrected chi connectivity index (χ2v) is 9.40. The molecule has 0 aromatic heterocycles. The van der Waals surface area contributed by atoms with Crippen LogP contribution in [-0.4, -0.2) is 64.7 Å². The van der Waals surface area contributed by atoms with Crippen LogP contribution in [0.5, 0.6) is 0 Å². The van der Waals surface area contributed by atoms with E-state index < -0.39 is 48.1 Å². The smallest absolute Gasteiger partial charge is 0.408 e. The van der Waals surface area contributed by atoms with Gasteiger partial charge in [0.1, 0.15) is 17.7 Å². The van der Waals surface area contributed by atoms with E-state index in [0.29, 0.717) is 5.56 Å². The molecule has 0 radical (unpaired) electrons. The van der Waals surface area contributed by atoms with E-state index in [1.807, 2.05) is 0 Å². The fraction of sp³-hybridized carbons (Fsp3) is 0.520. The molecule has 0 saturated carbocycles. The number of ether oxygens (including phenoxy) is 1. The minimum atomic E-state index is -1.22. The third kappa shape index (κ3) is 10.2. The second kappa shape index (κ2) is 13.5. The van der Waals surface area contributed by atoms with Gasteiger partial charge in [-0.1, -0.05) is 30.9 Å². The van der Waals surface area contributed by atoms with E-state index in [-0.39, 0.29) is 25.4 Å². The van der Waals surface area contributed by atoms with Crippen LogP contribution in [0, 0.1) is 0 Å². The van der Waals surface area contributed by atoms with Gasteiger partial charge >= 0.3 is 6.09 Å². The van der Waals surface area contributed by atoms with E-state index in [1.54, 1.807) is 65.0 Å². The minimum Gasteiger partial charge on any atom is -0.444 e. The van der Waals surface area contributed by atoms with Crippen LogP contribution in [0.4, 0.5) is 4.79 Å². The first kappa shape index (κ1) is 29.6. The average molecular weight is 491 g/mol. The van der Waals surface area contributed by atoms with Crippen LogP contribution in [0.2, 0.25) is 0 Å². The predicted octanol–water partition coefficient (Wildman–Crippen LogP) is 1.88. The Kier molecular flexibility index (Phi) is 11.4. The molecule has 0 heterocycles. The van der Waals surface area contributed by atoms with Gasteiger partial charge < -0.3 is 31.1 Å². The number of aliphatic hydroxyl groups excluding tert-OH is 1. The lowest BCUT2D eigenvalue weighted by molar-refractivity contribution is -0.143. The highest BCUT2D eigenvalue weighted by Crippen LogP contribution is 2.25. The molecular weight excluding hydrogens is 452 g/mol. The first-order chi connectivity index (χ1) is 16.3. The van der Waals surface area contributed by atoms with Gasteiger partial charge in [-0.25, -0.2) is 4.79 Å². The van der Waals surface area contributed by atoms with E-state index in [1.165, 1.54) is 4.90 Å². The van der Waals surface area contributed by atoms with Crippen LogP contribution in [0.15, 0.2) is 30.8 Å². The van der Waals surface area contributed by atoms with Crippen molar-refractivity contribution in [2.24, 2.45) is 5.73 Å². The molecule has 5 N–H and O–H groups in total. The maximum Gasteiger partial charge on any atom is 0.408 e. The van der Waals surface area contributed by atoms with Crippen LogP contribution in [0.25, 0.3) is 6.08 Å². The lowest BCUT2D eigenvalue weighted by Gasteiger charge is -2.34. The summed E-state index contributed by atoms with van der Waals surface area (Å²) in [4.78, 5) is 52.0. The van der Waals surface area contributed by atoms with Crippen molar-refractivity contribution in [2.75, 3.05) is 13.2 Å². The SMILES string of the molecule is C=Cc1cccc(C(C(=O)NC(C)C)N(CCO)C(=O)C(CCC(N)=O)NC(=O)OC(C)(C)C)c1. The molecule has 0 aliphatic heterocycles. The van der Waals surface area contributed by atoms with Crippen LogP contribution < -0.4 is 16.4 Å². The fourth-order valence-electron chi connectivity index (χ4n) is 3.36. The van der Waals surface area contributed by atoms with Gasteiger partial charge in [0.15, 0.2) is 0 Å². The molecule has 35 heavy (non-hydrogen) atoms. The summed E-state index contributed by atoms with van der Waals surface area (Å²) in [5, 5.41) is 15.0. The lowest BCUT2D eigenvalue weighted by atomic mass is 9.99. The number of alkyl carbamates (subject to hydrolysis) is 1. The number of hydrogen-bond acceptors (Lipinski definition) is 6. The van der Waals surface area contributed by atoms with Crippen molar-refractivity contribution in [1.82, 2.24) is 15.5 Å². The zero-order valence-corrected chi connectivity index (χ0v) is 21.2. The van der Waals surface area contributed by atoms with Gasteiger partial charge in [-0.3, -0.25) is 14.4 Å². The van der Waals surface area contributed by atoms with Crippen LogP contribution in [0.3, 0.4) is 0 Å². The van der Waals surface area contributed by atoms with Crippen LogP contribution >= 0.6 is 0 Å². The number of nitrogens with one attached hydrogen (secondary N) is 2. The summed E-state index contributed by atoms with van der Waals surface area (Å²) in [6, 6.07) is 4.38. The molecule has 0 fully saturated rings. The van der Waals surface area contributed by atoms with Crippen molar-refractivity contribution in [1.29, 1.82) is 0 Å². The molecule has 1 rings (SSSR count). The maximum absolute atomic E-state index is 13.7. The molecule has 0 bridgehead atoms. The molecule has 0 spiro atoms. The average Bonchev–Trinajstić information content (AvgIpc) is 2.74. The summed E-state index contributed by atoms with van der Waals surface area (Å²) < 4.78 is 5.26. The number of aliphatic hydroxyl groups is 1. The molecule has 1 aromatic carbocycles. The number of benzene rings is 1. The summed E-state index contributed by atoms with van der Waals surface area (Å²) in [5.41, 5.74) is 5.68. The number of carbonyl (C=O) groups excluding carboxylic acids is 4. The third-order valence-corrected chi connectivity index (χ3v) is 4.75. The standard InChI is InChI=1S/C25H38N4O6/c1-7-17-9-8-10-18(15-17)21(22(32)27-16(2)3)29(13-14-30)23(33)19(11-12-20(26)31)28-24(34)35-25(4,5)6/h7-10,15-16,19,21,30H,1,11-14H2,2-6H3,(H2,26,31)(H,27,32)(H,28,34). The minimum absolute atomic E-state index is 0.111. The molecule has 194 valence electrons. The first-order valence-electron chi connectivity index (χ1n) is 11.5. The largest absolute Gasteiger partial charge is 0.444 e. The van der Waals surface area contributed by atoms with Crippen molar-refractivity contribution in [3.8, 4) is 0 Å². The highest BCUT2D eigenvalue weighted by molar-refractivity contribution is 5.92. The van der Waals surface area contributed by atoms with Gasteiger partial charge in [0, 0.05) is 19.0 Å². The summed E-state index contributed by atoms with van der Waals surface area (Å²) in [5.74, 6) is -1.79. The summed E-state index contributed by atoms with van der Waals surface area (Å²) >= 11 is 0. The van der Waals surface area contributed by atoms with Gasteiger partial charge in [0.2, 0.25) is 17.7 Å². The normalized spacial score (nSPS) is 12.9. The Labute approximate surface area is 206 Å². The fourth-order valence-corrected chi connectivity index (χ4v) is 3.36. The van der Waals surface area contributed by atoms with E-state index in [0.717, 1.165) is 5.56 Å². The number of rotatable bonds is 12. The van der Waals surface area contributed by atoms with Crippen molar-refractivity contribution in [3.05, 3.63) is 42.0 Å². The van der Waals surface area contributed by atoms with Crippen molar-refractivity contribution in [2.45, 2.75) is 71.2 Å². The molecule has 1 aromatic rings. The van der Waals surface area contributed by atoms with E-state index >= 15 is 0 Å². The number of primary amides is 1. The van der Waals surface area contributed by atoms with Crippen molar-refractivity contribution < 1.29 is 29.0 Å². The molecule has 4 amide bonds. The highest BCUT2D eigenvalue weighted by atomic mass is 16.6. The van der Waals surface area contributed by atoms with Crippen LogP contribution in [-0.2, 0) is 19.1 Å². The van der Waals surface area contributed by atoms with Gasteiger partial charge in [-0.15, -0.1) is 0 Å². The van der Waals surface area contributed by atoms with Crippen molar-refractivity contribution in [3.63, 3.8) is 0 Å². The molecule has 2 atom stereocenters. The third-order valence-electron chi connectivity index (χ3n) is 4.75. The number of nitrogens with zero attached hydrogens (tertiary/aromatic N) is 1. The van der Waals surface area contributed by atoms with Crippen LogP contribution in [0.1, 0.15) is 64.6 Å². The molecule has 0 aliphatic carbocycles. The zero-order valence-electron chi connectivity index (χ0n) is 21.2. The van der Waals surface area contributed by atoms with Gasteiger partial charge in [0.05, 0.1) is 6.61 Å². The van der Waals surface area contributed by atoms with E-state index in [2.05, 4.69) is 17.2 Å². The molecule has 10 heteroatoms. The van der Waals surface area contributed by atoms with E-state index in [4.69, 9.17) is 10.5 Å². The Hall–Kier alpha value is -3.40. The number of hydrogen-bond donors (Lipinski definition) is 4. The number of amides is 4. The molecule has 10 nitrogen and oxygen atoms in total. The van der Waals surface area contributed by atoms with Crippen molar-refractivity contribution >= 4 is 29.9 Å². The van der Waals surface area contributed by atoms with Gasteiger partial charge in [0.25, 0.3) is 0 Å². The zero-order chi connectivity index (χ0) is 26.8. The van der Waals surface area contributed by atoms with Gasteiger partial charge in [-0.2, -0.15) is 0 Å². The Morgan fingerprint density at radius 2 is 1.86 bits per heavy atom. The molecule has 0 saturated heterocycles. The predicted molar refractivity (Wildman–Crippen MR) is 133 cm³/mol. The Morgan fingerprint density at radius 1 is 1.20 bits per heavy atom. The number of carbonyl (C=O) groups is 4. The quantitative estimate of drug-likeness (QED) is 0.351. The first-order valence-corrected chi connectivity index (χ1v) is 11.5. The topological polar surface area (TPSA) is 151 Å². The summed E-state index contributed by atoms with van der Waals surface area (Å²) in [6.45, 7) is 11.7. The highest BCUT2D eigenvalue weighted by Gasteiger charge is 2.36. The lowest BCUT2D eigenvalue weighted by Crippen LogP contribution is -2.54. The molecule has 0 aliphatic rings. The Morgan fingerprint density at radius 3 is 2.37 bits per heavy atom. The second-order valence-electron chi connectivity index (χ2n) is 9.40. The Bertz CT molecular complexity index is 909. The summed E-state index contributed by atoms with van der Waals surface area (Å²) in [7, 11) is 0. The van der Waals surface area contributed by atoms with E-state index in [9.17, 15) is 24.3 Å². The van der Waals surface area contributed by atoms with Gasteiger partial charge in [-0.05, 0) is 58.2 Å². The molecular formula is C25H38N4O6. The summed E-state index contributed by atoms with van der Waals surface area (Å²) in [6.07, 6.45) is 0.453. The maximum atomic E-state index is 13.7. The Balaban J connectivity index is 3.47. The monoisotopic (exact) mass is 490 g/mol.